The SMILES string of the molecule is c1ccc(-n2ccc3c2-c2ccccc2-c2nc(-n4c5ccccc5c5ccccc54)ncc2-c2ccccc2-3)cc1.c1ccc2c(c1)-c1ccccc1-c1nc(-c3cccc4c3sc3ccccc34)ncc1-c1sccc1-2.c1ccc2c(c1)-c1ccoc1-c1ccoc1-c1cnc(-c3cccc4c3oc3ccccc34)nc1-2.c1ccc2c(c1)-c1ccsc1-c1ccccc1-c1ncc(-n3c4ccccc4c4ccccc43)nc1-2. The first-order valence-electron chi connectivity index (χ1n) is 49.5. The van der Waals surface area contributed by atoms with Crippen LogP contribution in [0, 0.1) is 0 Å². The van der Waals surface area contributed by atoms with Crippen molar-refractivity contribution in [2.45, 2.75) is 0 Å². The van der Waals surface area contributed by atoms with Gasteiger partial charge in [0, 0.05) is 171 Å². The molecule has 0 saturated heterocycles. The highest BCUT2D eigenvalue weighted by Gasteiger charge is 2.34. The molecule has 13 heterocycles. The monoisotopic (exact) mass is 1960 g/mol. The topological polar surface area (TPSA) is 157 Å². The van der Waals surface area contributed by atoms with Gasteiger partial charge in [-0.15, -0.1) is 34.0 Å². The summed E-state index contributed by atoms with van der Waals surface area (Å²) in [6.45, 7) is 0. The number of fused-ring (bicyclic) bond motifs is 44. The summed E-state index contributed by atoms with van der Waals surface area (Å²) < 4.78 is 27.4. The van der Waals surface area contributed by atoms with Crippen LogP contribution in [0.15, 0.2) is 480 Å². The molecule has 0 radical (unpaired) electrons. The Hall–Kier alpha value is -19.3. The van der Waals surface area contributed by atoms with E-state index in [1.54, 1.807) is 35.2 Å². The first-order valence-corrected chi connectivity index (χ1v) is 52.1. The van der Waals surface area contributed by atoms with E-state index in [2.05, 4.69) is 389 Å². The zero-order valence-electron chi connectivity index (χ0n) is 79.3. The van der Waals surface area contributed by atoms with Crippen molar-refractivity contribution in [2.75, 3.05) is 0 Å². The summed E-state index contributed by atoms with van der Waals surface area (Å²) in [7, 11) is 0. The van der Waals surface area contributed by atoms with Gasteiger partial charge in [-0.3, -0.25) is 14.1 Å². The van der Waals surface area contributed by atoms with E-state index >= 15 is 0 Å². The lowest BCUT2D eigenvalue weighted by molar-refractivity contribution is 0.571. The molecule has 0 bridgehead atoms. The Labute approximate surface area is 864 Å². The fourth-order valence-electron chi connectivity index (χ4n) is 22.8. The lowest BCUT2D eigenvalue weighted by Crippen LogP contribution is -2.06. The Morgan fingerprint density at radius 3 is 1.30 bits per heavy atom. The molecule has 17 heteroatoms. The second kappa shape index (κ2) is 34.8. The molecule has 0 spiro atoms. The van der Waals surface area contributed by atoms with E-state index in [0.717, 1.165) is 185 Å². The van der Waals surface area contributed by atoms with Crippen LogP contribution in [0.3, 0.4) is 0 Å². The zero-order valence-corrected chi connectivity index (χ0v) is 81.8. The summed E-state index contributed by atoms with van der Waals surface area (Å²) in [4.78, 5) is 43.6. The number of hydrogen-bond acceptors (Lipinski definition) is 14. The molecule has 696 valence electrons. The Morgan fingerprint density at radius 1 is 0.235 bits per heavy atom. The summed E-state index contributed by atoms with van der Waals surface area (Å²) in [5.74, 6) is 4.33. The van der Waals surface area contributed by atoms with Crippen molar-refractivity contribution in [3.8, 4) is 218 Å². The van der Waals surface area contributed by atoms with E-state index in [9.17, 15) is 0 Å². The van der Waals surface area contributed by atoms with Crippen molar-refractivity contribution < 1.29 is 13.3 Å². The Bertz CT molecular complexity index is 10400. The van der Waals surface area contributed by atoms with E-state index in [1.165, 1.54) is 102 Å². The molecule has 29 aromatic rings. The molecule has 0 N–H and O–H groups in total. The third-order valence-electron chi connectivity index (χ3n) is 29.3. The molecule has 16 aromatic carbocycles. The van der Waals surface area contributed by atoms with Crippen LogP contribution in [0.4, 0.5) is 0 Å². The third-order valence-corrected chi connectivity index (χ3v) is 32.4. The molecule has 0 fully saturated rings. The minimum Gasteiger partial charge on any atom is -0.464 e. The smallest absolute Gasteiger partial charge is 0.235 e. The van der Waals surface area contributed by atoms with Gasteiger partial charge in [-0.2, -0.15) is 0 Å². The lowest BCUT2D eigenvalue weighted by atomic mass is 9.86. The highest BCUT2D eigenvalue weighted by atomic mass is 32.1. The average Bonchev–Trinajstić information content (AvgIpc) is 1.72. The predicted octanol–water partition coefficient (Wildman–Crippen LogP) is 35.7. The lowest BCUT2D eigenvalue weighted by Gasteiger charge is -2.22. The summed E-state index contributed by atoms with van der Waals surface area (Å²) in [5.41, 5.74) is 39.4. The van der Waals surface area contributed by atoms with Gasteiger partial charge in [0.2, 0.25) is 5.95 Å². The van der Waals surface area contributed by atoms with Gasteiger partial charge in [-0.05, 0) is 141 Å². The molecule has 0 unspecified atom stereocenters. The van der Waals surface area contributed by atoms with Crippen LogP contribution in [0.25, 0.3) is 304 Å². The summed E-state index contributed by atoms with van der Waals surface area (Å²) in [6.07, 6.45) is 13.4. The van der Waals surface area contributed by atoms with Crippen LogP contribution in [0.1, 0.15) is 0 Å². The predicted molar refractivity (Wildman–Crippen MR) is 609 cm³/mol. The maximum absolute atomic E-state index is 6.27. The number of aromatic nitrogens is 11. The van der Waals surface area contributed by atoms with Crippen molar-refractivity contribution in [1.82, 2.24) is 53.6 Å². The standard InChI is InChI=1S/C38H24N4.C32H19N3S.C32H18N2S2.C30H16N2O3/c1-2-12-25(13-3-1)41-23-22-32-26-14-4-5-15-27(26)33-24-39-38(40-36(33)30-18-6-7-19-31(30)37(32)41)42-34-20-10-8-16-28(34)29-17-9-11-21-35(29)42;1-2-12-23-20(9-1)26-17-18-36-32(26)25-14-4-3-13-24(25)30-31(23)34-29(19-33-30)35-27-15-7-5-10-21(27)22-11-6-8-16-28(22)35;1-2-10-21-19(8-1)20-9-3-4-12-23(20)29-27(30-25(21)16-17-35-30)18-33-32(34-29)26-14-7-13-24-22-11-5-6-15-28(22)36-31(24)26;1-2-8-19-17(6-1)21-12-14-33-27(21)22-13-15-34-28(22)24-16-31-30(32-26(19)24)23-10-5-9-20-18-7-3-4-11-25(18)35-29(20)23/h1-24H;1-19H;1-18H;1-16H. The van der Waals surface area contributed by atoms with Crippen molar-refractivity contribution in [3.05, 3.63) is 467 Å². The van der Waals surface area contributed by atoms with E-state index in [4.69, 9.17) is 53.1 Å². The number of rotatable bonds is 5. The molecular formula is C132H77N11O3S3. The van der Waals surface area contributed by atoms with Crippen LogP contribution < -0.4 is 0 Å². The van der Waals surface area contributed by atoms with Gasteiger partial charge in [0.05, 0.1) is 91.6 Å². The quantitative estimate of drug-likeness (QED) is 0.161. The van der Waals surface area contributed by atoms with Gasteiger partial charge < -0.3 is 17.8 Å². The van der Waals surface area contributed by atoms with E-state index < -0.39 is 0 Å². The minimum absolute atomic E-state index is 0.601. The van der Waals surface area contributed by atoms with Crippen LogP contribution in [-0.2, 0) is 0 Å². The van der Waals surface area contributed by atoms with E-state index in [1.807, 2.05) is 90.7 Å². The highest BCUT2D eigenvalue weighted by molar-refractivity contribution is 7.26. The van der Waals surface area contributed by atoms with Crippen molar-refractivity contribution >= 4 is 120 Å². The molecule has 0 saturated carbocycles. The van der Waals surface area contributed by atoms with Gasteiger partial charge in [0.1, 0.15) is 22.7 Å². The maximum atomic E-state index is 6.27. The molecule has 13 aromatic heterocycles. The minimum atomic E-state index is 0.601. The molecule has 4 aliphatic carbocycles. The molecule has 4 aliphatic rings. The molecular weight excluding hydrogens is 1880 g/mol. The van der Waals surface area contributed by atoms with Crippen molar-refractivity contribution in [3.63, 3.8) is 0 Å². The van der Waals surface area contributed by atoms with Gasteiger partial charge >= 0.3 is 0 Å². The average molecular weight is 1960 g/mol. The van der Waals surface area contributed by atoms with E-state index in [0.29, 0.717) is 17.5 Å². The fourth-order valence-corrected chi connectivity index (χ4v) is 25.8. The Kier molecular flexibility index (Phi) is 19.9. The molecule has 33 rings (SSSR count). The van der Waals surface area contributed by atoms with E-state index in [-0.39, 0.29) is 0 Å². The van der Waals surface area contributed by atoms with Crippen LogP contribution in [0.5, 0.6) is 0 Å². The first kappa shape index (κ1) is 85.3. The van der Waals surface area contributed by atoms with Gasteiger partial charge in [-0.1, -0.05) is 322 Å². The summed E-state index contributed by atoms with van der Waals surface area (Å²) in [5, 5.41) is 13.9. The molecule has 149 heavy (non-hydrogen) atoms. The number of nitrogens with zero attached hydrogens (tertiary/aromatic N) is 11. The Morgan fingerprint density at radius 2 is 0.658 bits per heavy atom. The second-order valence-corrected chi connectivity index (χ2v) is 40.2. The fraction of sp³-hybridized carbons (Fsp3) is 0. The maximum Gasteiger partial charge on any atom is 0.235 e. The summed E-state index contributed by atoms with van der Waals surface area (Å²) in [6, 6.07) is 144. The number of hydrogen-bond donors (Lipinski definition) is 0. The first-order chi connectivity index (χ1) is 74.0. The van der Waals surface area contributed by atoms with Crippen molar-refractivity contribution in [1.29, 1.82) is 0 Å². The van der Waals surface area contributed by atoms with Gasteiger partial charge in [0.15, 0.2) is 17.5 Å². The van der Waals surface area contributed by atoms with Crippen molar-refractivity contribution in [2.24, 2.45) is 0 Å². The number of thiophene rings is 3. The Balaban J connectivity index is 0.0000000917. The molecule has 0 aliphatic heterocycles. The number of benzene rings is 16. The molecule has 0 amide bonds. The zero-order chi connectivity index (χ0) is 97.8. The van der Waals surface area contributed by atoms with Gasteiger partial charge in [0.25, 0.3) is 0 Å². The van der Waals surface area contributed by atoms with Crippen LogP contribution in [-0.4, -0.2) is 53.6 Å². The molecule has 0 atom stereocenters. The molecule has 14 nitrogen and oxygen atoms in total. The largest absolute Gasteiger partial charge is 0.464 e. The number of para-hydroxylation sites is 7. The third kappa shape index (κ3) is 13.7. The van der Waals surface area contributed by atoms with Gasteiger partial charge in [-0.25, -0.2) is 34.9 Å². The summed E-state index contributed by atoms with van der Waals surface area (Å²) >= 11 is 5.36. The highest BCUT2D eigenvalue weighted by Crippen LogP contribution is 2.56. The number of furan rings is 3. The van der Waals surface area contributed by atoms with Crippen LogP contribution >= 0.6 is 34.0 Å². The second-order valence-electron chi connectivity index (χ2n) is 37.3. The normalized spacial score (nSPS) is 11.9. The van der Waals surface area contributed by atoms with Crippen LogP contribution in [0.2, 0.25) is 0 Å².